The number of carbonyl (C=O) groups is 3. The van der Waals surface area contributed by atoms with Crippen molar-refractivity contribution in [1.29, 1.82) is 0 Å². The van der Waals surface area contributed by atoms with Crippen molar-refractivity contribution in [3.8, 4) is 0 Å². The first kappa shape index (κ1) is 56.6. The summed E-state index contributed by atoms with van der Waals surface area (Å²) >= 11 is 0. The topological polar surface area (TPSA) is 78.9 Å². The van der Waals surface area contributed by atoms with E-state index >= 15 is 0 Å². The molecule has 0 saturated carbocycles. The molecule has 0 heterocycles. The zero-order valence-electron chi connectivity index (χ0n) is 39.3. The molecule has 1 atom stereocenters. The molecule has 0 aliphatic carbocycles. The monoisotopic (exact) mass is 829 g/mol. The highest BCUT2D eigenvalue weighted by Gasteiger charge is 2.19. The van der Waals surface area contributed by atoms with Crippen LogP contribution in [-0.4, -0.2) is 37.2 Å². The molecule has 344 valence electrons. The number of hydrogen-bond acceptors (Lipinski definition) is 6. The molecule has 0 amide bonds. The number of hydrogen-bond donors (Lipinski definition) is 0. The molecule has 0 aliphatic rings. The van der Waals surface area contributed by atoms with Crippen molar-refractivity contribution in [3.05, 3.63) is 36.5 Å². The van der Waals surface area contributed by atoms with Crippen molar-refractivity contribution in [2.45, 2.75) is 271 Å². The number of carbonyl (C=O) groups excluding carboxylic acids is 3. The average Bonchev–Trinajstić information content (AvgIpc) is 3.23. The van der Waals surface area contributed by atoms with E-state index in [-0.39, 0.29) is 31.1 Å². The predicted octanol–water partition coefficient (Wildman–Crippen LogP) is 16.5. The van der Waals surface area contributed by atoms with Crippen LogP contribution < -0.4 is 0 Å². The van der Waals surface area contributed by atoms with Crippen molar-refractivity contribution in [3.63, 3.8) is 0 Å². The molecule has 0 aromatic carbocycles. The summed E-state index contributed by atoms with van der Waals surface area (Å²) in [7, 11) is 0. The van der Waals surface area contributed by atoms with Gasteiger partial charge in [-0.25, -0.2) is 0 Å². The highest BCUT2D eigenvalue weighted by Crippen LogP contribution is 2.16. The Balaban J connectivity index is 4.28. The first-order valence-electron chi connectivity index (χ1n) is 25.5. The summed E-state index contributed by atoms with van der Waals surface area (Å²) in [5.41, 5.74) is 0. The summed E-state index contributed by atoms with van der Waals surface area (Å²) in [6.45, 7) is 6.51. The molecule has 0 aliphatic heterocycles. The second-order valence-corrected chi connectivity index (χ2v) is 17.1. The lowest BCUT2D eigenvalue weighted by Gasteiger charge is -2.18. The molecular weight excluding hydrogens is 733 g/mol. The SMILES string of the molecule is CC/C=C\C/C=C\C/C=C\CCCCCCCCCC(=O)OCC(COC(=O)CCCCCCCCCC)OC(=O)CCCCCCCCCCCCCCCCCC. The lowest BCUT2D eigenvalue weighted by atomic mass is 10.0. The maximum Gasteiger partial charge on any atom is 0.306 e. The van der Waals surface area contributed by atoms with Gasteiger partial charge >= 0.3 is 17.9 Å². The summed E-state index contributed by atoms with van der Waals surface area (Å²) in [5.74, 6) is -0.875. The third kappa shape index (κ3) is 46.5. The highest BCUT2D eigenvalue weighted by molar-refractivity contribution is 5.71. The van der Waals surface area contributed by atoms with Gasteiger partial charge in [0.05, 0.1) is 0 Å². The van der Waals surface area contributed by atoms with E-state index in [9.17, 15) is 14.4 Å². The van der Waals surface area contributed by atoms with Gasteiger partial charge in [0, 0.05) is 19.3 Å². The third-order valence-electron chi connectivity index (χ3n) is 11.2. The Morgan fingerprint density at radius 3 is 1.03 bits per heavy atom. The van der Waals surface area contributed by atoms with Crippen molar-refractivity contribution >= 4 is 17.9 Å². The van der Waals surface area contributed by atoms with E-state index in [1.807, 2.05) is 0 Å². The van der Waals surface area contributed by atoms with Crippen LogP contribution in [0.1, 0.15) is 265 Å². The van der Waals surface area contributed by atoms with E-state index in [1.54, 1.807) is 0 Å². The van der Waals surface area contributed by atoms with Crippen LogP contribution in [0.15, 0.2) is 36.5 Å². The van der Waals surface area contributed by atoms with Gasteiger partial charge in [-0.2, -0.15) is 0 Å². The molecule has 0 radical (unpaired) electrons. The quantitative estimate of drug-likeness (QED) is 0.0263. The van der Waals surface area contributed by atoms with Gasteiger partial charge in [-0.05, 0) is 51.4 Å². The van der Waals surface area contributed by atoms with E-state index in [4.69, 9.17) is 14.2 Å². The zero-order chi connectivity index (χ0) is 43.0. The van der Waals surface area contributed by atoms with Gasteiger partial charge in [0.1, 0.15) is 13.2 Å². The molecule has 0 fully saturated rings. The first-order chi connectivity index (χ1) is 29.0. The average molecular weight is 829 g/mol. The Morgan fingerprint density at radius 2 is 0.661 bits per heavy atom. The summed E-state index contributed by atoms with van der Waals surface area (Å²) in [6.07, 6.45) is 55.6. The molecule has 6 heteroatoms. The summed E-state index contributed by atoms with van der Waals surface area (Å²) < 4.78 is 16.7. The highest BCUT2D eigenvalue weighted by atomic mass is 16.6. The molecule has 0 aromatic heterocycles. The van der Waals surface area contributed by atoms with Gasteiger partial charge in [-0.1, -0.05) is 231 Å². The Bertz CT molecular complexity index is 1000. The standard InChI is InChI=1S/C53H96O6/c1-4-7-10-13-16-19-21-23-25-27-29-30-32-34-37-40-43-46-52(55)58-49-50(48-57-51(54)45-42-39-36-18-15-12-9-6-3)59-53(56)47-44-41-38-35-33-31-28-26-24-22-20-17-14-11-8-5-2/h7,10,16,19,23,25,50H,4-6,8-9,11-15,17-18,20-22,24,26-49H2,1-3H3/b10-7-,19-16-,25-23-. The van der Waals surface area contributed by atoms with Crippen LogP contribution in [0, 0.1) is 0 Å². The number of rotatable bonds is 46. The fraction of sp³-hybridized carbons (Fsp3) is 0.830. The van der Waals surface area contributed by atoms with Crippen molar-refractivity contribution in [2.75, 3.05) is 13.2 Å². The molecule has 59 heavy (non-hydrogen) atoms. The van der Waals surface area contributed by atoms with E-state index in [0.717, 1.165) is 83.5 Å². The number of unbranched alkanes of at least 4 members (excludes halogenated alkanes) is 29. The van der Waals surface area contributed by atoms with Crippen LogP contribution in [0.4, 0.5) is 0 Å². The van der Waals surface area contributed by atoms with Crippen molar-refractivity contribution < 1.29 is 28.6 Å². The summed E-state index contributed by atoms with van der Waals surface area (Å²) in [4.78, 5) is 37.8. The second kappa shape index (κ2) is 48.3. The fourth-order valence-electron chi connectivity index (χ4n) is 7.34. The Morgan fingerprint density at radius 1 is 0.356 bits per heavy atom. The second-order valence-electron chi connectivity index (χ2n) is 17.1. The fourth-order valence-corrected chi connectivity index (χ4v) is 7.34. The van der Waals surface area contributed by atoms with Crippen LogP contribution in [-0.2, 0) is 28.6 Å². The molecule has 0 saturated heterocycles. The molecule has 1 unspecified atom stereocenters. The lowest BCUT2D eigenvalue weighted by molar-refractivity contribution is -0.167. The van der Waals surface area contributed by atoms with Crippen LogP contribution in [0.2, 0.25) is 0 Å². The van der Waals surface area contributed by atoms with Gasteiger partial charge in [0.25, 0.3) is 0 Å². The largest absolute Gasteiger partial charge is 0.462 e. The minimum Gasteiger partial charge on any atom is -0.462 e. The van der Waals surface area contributed by atoms with Crippen molar-refractivity contribution in [1.82, 2.24) is 0 Å². The van der Waals surface area contributed by atoms with E-state index < -0.39 is 6.10 Å². The van der Waals surface area contributed by atoms with E-state index in [2.05, 4.69) is 57.2 Å². The maximum absolute atomic E-state index is 12.8. The lowest BCUT2D eigenvalue weighted by Crippen LogP contribution is -2.30. The summed E-state index contributed by atoms with van der Waals surface area (Å²) in [5, 5.41) is 0. The van der Waals surface area contributed by atoms with Crippen LogP contribution in [0.3, 0.4) is 0 Å². The third-order valence-corrected chi connectivity index (χ3v) is 11.2. The van der Waals surface area contributed by atoms with Gasteiger partial charge in [-0.15, -0.1) is 0 Å². The zero-order valence-corrected chi connectivity index (χ0v) is 39.3. The Hall–Kier alpha value is -2.37. The minimum absolute atomic E-state index is 0.0718. The normalized spacial score (nSPS) is 12.3. The molecular formula is C53H96O6. The Kier molecular flexibility index (Phi) is 46.4. The molecule has 6 nitrogen and oxygen atoms in total. The molecule has 0 rings (SSSR count). The predicted molar refractivity (Wildman–Crippen MR) is 252 cm³/mol. The van der Waals surface area contributed by atoms with Crippen molar-refractivity contribution in [2.24, 2.45) is 0 Å². The smallest absolute Gasteiger partial charge is 0.306 e. The van der Waals surface area contributed by atoms with Gasteiger partial charge < -0.3 is 14.2 Å². The van der Waals surface area contributed by atoms with Crippen LogP contribution >= 0.6 is 0 Å². The molecule has 0 spiro atoms. The summed E-state index contributed by atoms with van der Waals surface area (Å²) in [6, 6.07) is 0. The number of allylic oxidation sites excluding steroid dienone is 6. The molecule has 0 bridgehead atoms. The van der Waals surface area contributed by atoms with Crippen LogP contribution in [0.5, 0.6) is 0 Å². The van der Waals surface area contributed by atoms with Gasteiger partial charge in [0.2, 0.25) is 0 Å². The Labute approximate surface area is 365 Å². The first-order valence-corrected chi connectivity index (χ1v) is 25.5. The maximum atomic E-state index is 12.8. The van der Waals surface area contributed by atoms with Crippen LogP contribution in [0.25, 0.3) is 0 Å². The number of ether oxygens (including phenoxy) is 3. The molecule has 0 aromatic rings. The molecule has 0 N–H and O–H groups in total. The minimum atomic E-state index is -0.769. The number of esters is 3. The van der Waals surface area contributed by atoms with E-state index in [1.165, 1.54) is 141 Å². The van der Waals surface area contributed by atoms with Gasteiger partial charge in [-0.3, -0.25) is 14.4 Å². The van der Waals surface area contributed by atoms with E-state index in [0.29, 0.717) is 19.3 Å². The van der Waals surface area contributed by atoms with Gasteiger partial charge in [0.15, 0.2) is 6.10 Å².